The van der Waals surface area contributed by atoms with Crippen molar-refractivity contribution in [3.8, 4) is 16.9 Å². The van der Waals surface area contributed by atoms with E-state index in [-0.39, 0.29) is 5.69 Å². The largest absolute Gasteiger partial charge is 0.289 e. The van der Waals surface area contributed by atoms with Gasteiger partial charge in [0.05, 0.1) is 11.4 Å². The Morgan fingerprint density at radius 2 is 1.77 bits per heavy atom. The Kier molecular flexibility index (Phi) is 3.72. The van der Waals surface area contributed by atoms with Gasteiger partial charge in [0.2, 0.25) is 0 Å². The third kappa shape index (κ3) is 2.62. The van der Waals surface area contributed by atoms with E-state index in [1.54, 1.807) is 10.7 Å². The molecule has 1 amide bonds. The zero-order valence-corrected chi connectivity index (χ0v) is 12.2. The molecule has 0 bridgehead atoms. The standard InChI is InChI=1S/C17H16N4O/c1-12-7-9-14(10-8-12)21-16(13-5-3-2-4-6-13)11-15(20-21)17(22)19-18/h2-11H,18H2,1H3,(H,19,22). The summed E-state index contributed by atoms with van der Waals surface area (Å²) >= 11 is 0. The first-order valence-electron chi connectivity index (χ1n) is 6.92. The Morgan fingerprint density at radius 3 is 2.41 bits per heavy atom. The molecule has 0 saturated carbocycles. The first kappa shape index (κ1) is 14.0. The first-order chi connectivity index (χ1) is 10.7. The first-order valence-corrected chi connectivity index (χ1v) is 6.92. The maximum absolute atomic E-state index is 11.8. The Balaban J connectivity index is 2.17. The highest BCUT2D eigenvalue weighted by atomic mass is 16.2. The van der Waals surface area contributed by atoms with Gasteiger partial charge >= 0.3 is 0 Å². The minimum atomic E-state index is -0.414. The number of hydrazine groups is 1. The number of benzene rings is 2. The van der Waals surface area contributed by atoms with Crippen LogP contribution in [0.15, 0.2) is 60.7 Å². The lowest BCUT2D eigenvalue weighted by Gasteiger charge is -2.07. The monoisotopic (exact) mass is 292 g/mol. The van der Waals surface area contributed by atoms with Gasteiger partial charge in [-0.25, -0.2) is 10.5 Å². The Hall–Kier alpha value is -2.92. The van der Waals surface area contributed by atoms with E-state index in [1.165, 1.54) is 0 Å². The second-order valence-electron chi connectivity index (χ2n) is 5.00. The van der Waals surface area contributed by atoms with Crippen LogP contribution >= 0.6 is 0 Å². The van der Waals surface area contributed by atoms with Gasteiger partial charge in [0.15, 0.2) is 5.69 Å². The van der Waals surface area contributed by atoms with E-state index in [0.29, 0.717) is 0 Å². The summed E-state index contributed by atoms with van der Waals surface area (Å²) in [5.41, 5.74) is 6.27. The number of amides is 1. The Morgan fingerprint density at radius 1 is 1.09 bits per heavy atom. The molecule has 0 saturated heterocycles. The second kappa shape index (κ2) is 5.83. The lowest BCUT2D eigenvalue weighted by atomic mass is 10.1. The molecule has 0 spiro atoms. The van der Waals surface area contributed by atoms with Crippen LogP contribution in [0.2, 0.25) is 0 Å². The van der Waals surface area contributed by atoms with Crippen LogP contribution in [0.3, 0.4) is 0 Å². The van der Waals surface area contributed by atoms with Crippen LogP contribution in [-0.2, 0) is 0 Å². The molecule has 110 valence electrons. The molecule has 0 fully saturated rings. The van der Waals surface area contributed by atoms with E-state index in [9.17, 15) is 4.79 Å². The van der Waals surface area contributed by atoms with E-state index in [0.717, 1.165) is 22.5 Å². The van der Waals surface area contributed by atoms with Crippen LogP contribution in [0, 0.1) is 6.92 Å². The van der Waals surface area contributed by atoms with Gasteiger partial charge in [0.25, 0.3) is 5.91 Å². The molecule has 0 atom stereocenters. The fourth-order valence-corrected chi connectivity index (χ4v) is 2.26. The zero-order valence-electron chi connectivity index (χ0n) is 12.2. The fraction of sp³-hybridized carbons (Fsp3) is 0.0588. The van der Waals surface area contributed by atoms with Crippen molar-refractivity contribution in [2.24, 2.45) is 5.84 Å². The lowest BCUT2D eigenvalue weighted by molar-refractivity contribution is 0.0948. The average Bonchev–Trinajstić information content (AvgIpc) is 3.01. The molecule has 0 aliphatic heterocycles. The van der Waals surface area contributed by atoms with Crippen molar-refractivity contribution in [2.45, 2.75) is 6.92 Å². The molecule has 5 nitrogen and oxygen atoms in total. The highest BCUT2D eigenvalue weighted by Crippen LogP contribution is 2.24. The fourth-order valence-electron chi connectivity index (χ4n) is 2.26. The lowest BCUT2D eigenvalue weighted by Crippen LogP contribution is -2.30. The van der Waals surface area contributed by atoms with E-state index < -0.39 is 5.91 Å². The molecule has 3 aromatic rings. The van der Waals surface area contributed by atoms with Gasteiger partial charge in [0.1, 0.15) is 0 Å². The van der Waals surface area contributed by atoms with Gasteiger partial charge in [-0.05, 0) is 25.1 Å². The van der Waals surface area contributed by atoms with E-state index in [1.807, 2.05) is 61.5 Å². The van der Waals surface area contributed by atoms with Crippen LogP contribution in [-0.4, -0.2) is 15.7 Å². The predicted octanol–water partition coefficient (Wildman–Crippen LogP) is 2.45. The van der Waals surface area contributed by atoms with Crippen LogP contribution in [0.4, 0.5) is 0 Å². The van der Waals surface area contributed by atoms with Gasteiger partial charge in [-0.1, -0.05) is 48.0 Å². The molecule has 1 heterocycles. The van der Waals surface area contributed by atoms with Gasteiger partial charge in [-0.15, -0.1) is 0 Å². The maximum Gasteiger partial charge on any atom is 0.285 e. The highest BCUT2D eigenvalue weighted by molar-refractivity contribution is 5.93. The SMILES string of the molecule is Cc1ccc(-n2nc(C(=O)NN)cc2-c2ccccc2)cc1. The highest BCUT2D eigenvalue weighted by Gasteiger charge is 2.15. The number of aromatic nitrogens is 2. The van der Waals surface area contributed by atoms with Crippen molar-refractivity contribution >= 4 is 5.91 Å². The number of carbonyl (C=O) groups excluding carboxylic acids is 1. The van der Waals surface area contributed by atoms with Crippen molar-refractivity contribution in [3.63, 3.8) is 0 Å². The summed E-state index contributed by atoms with van der Waals surface area (Å²) in [6.07, 6.45) is 0. The van der Waals surface area contributed by atoms with Gasteiger partial charge < -0.3 is 0 Å². The topological polar surface area (TPSA) is 72.9 Å². The zero-order chi connectivity index (χ0) is 15.5. The summed E-state index contributed by atoms with van der Waals surface area (Å²) in [4.78, 5) is 11.8. The summed E-state index contributed by atoms with van der Waals surface area (Å²) in [6.45, 7) is 2.03. The summed E-state index contributed by atoms with van der Waals surface area (Å²) in [5.74, 6) is 4.80. The molecule has 5 heteroatoms. The summed E-state index contributed by atoms with van der Waals surface area (Å²) in [6, 6.07) is 19.5. The van der Waals surface area contributed by atoms with Crippen molar-refractivity contribution in [1.29, 1.82) is 0 Å². The molecule has 0 aliphatic rings. The summed E-state index contributed by atoms with van der Waals surface area (Å²) < 4.78 is 1.75. The number of nitrogens with one attached hydrogen (secondary N) is 1. The van der Waals surface area contributed by atoms with Crippen molar-refractivity contribution in [1.82, 2.24) is 15.2 Å². The smallest absolute Gasteiger partial charge is 0.285 e. The van der Waals surface area contributed by atoms with Gasteiger partial charge in [0, 0.05) is 5.56 Å². The summed E-state index contributed by atoms with van der Waals surface area (Å²) in [5, 5.41) is 4.38. The van der Waals surface area contributed by atoms with Crippen LogP contribution in [0.1, 0.15) is 16.1 Å². The van der Waals surface area contributed by atoms with E-state index >= 15 is 0 Å². The van der Waals surface area contributed by atoms with Crippen LogP contribution in [0.5, 0.6) is 0 Å². The minimum Gasteiger partial charge on any atom is -0.289 e. The van der Waals surface area contributed by atoms with E-state index in [2.05, 4.69) is 10.5 Å². The van der Waals surface area contributed by atoms with E-state index in [4.69, 9.17) is 5.84 Å². The number of carbonyl (C=O) groups is 1. The maximum atomic E-state index is 11.8. The number of hydrogen-bond donors (Lipinski definition) is 2. The molecular formula is C17H16N4O. The average molecular weight is 292 g/mol. The molecular weight excluding hydrogens is 276 g/mol. The molecule has 1 aromatic heterocycles. The second-order valence-corrected chi connectivity index (χ2v) is 5.00. The summed E-state index contributed by atoms with van der Waals surface area (Å²) in [7, 11) is 0. The molecule has 0 unspecified atom stereocenters. The number of rotatable bonds is 3. The van der Waals surface area contributed by atoms with Crippen molar-refractivity contribution in [2.75, 3.05) is 0 Å². The number of nitrogen functional groups attached to an aromatic ring is 1. The molecule has 22 heavy (non-hydrogen) atoms. The van der Waals surface area contributed by atoms with Crippen molar-refractivity contribution < 1.29 is 4.79 Å². The predicted molar refractivity (Wildman–Crippen MR) is 85.4 cm³/mol. The quantitative estimate of drug-likeness (QED) is 0.442. The number of aryl methyl sites for hydroxylation is 1. The van der Waals surface area contributed by atoms with Crippen LogP contribution in [0.25, 0.3) is 16.9 Å². The van der Waals surface area contributed by atoms with Gasteiger partial charge in [-0.3, -0.25) is 10.2 Å². The molecule has 2 aromatic carbocycles. The van der Waals surface area contributed by atoms with Gasteiger partial charge in [-0.2, -0.15) is 5.10 Å². The third-order valence-corrected chi connectivity index (χ3v) is 3.42. The molecule has 0 radical (unpaired) electrons. The molecule has 3 rings (SSSR count). The number of nitrogens with zero attached hydrogens (tertiary/aromatic N) is 2. The van der Waals surface area contributed by atoms with Crippen LogP contribution < -0.4 is 11.3 Å². The minimum absolute atomic E-state index is 0.280. The normalized spacial score (nSPS) is 10.5. The van der Waals surface area contributed by atoms with Crippen molar-refractivity contribution in [3.05, 3.63) is 71.9 Å². The molecule has 3 N–H and O–H groups in total. The third-order valence-electron chi connectivity index (χ3n) is 3.42. The Labute approximate surface area is 128 Å². The number of nitrogens with two attached hydrogens (primary N) is 1. The molecule has 0 aliphatic carbocycles. The number of hydrogen-bond acceptors (Lipinski definition) is 3. The Bertz CT molecular complexity index is 791.